The minimum absolute atomic E-state index is 0.586. The molecule has 0 saturated carbocycles. The molecule has 0 radical (unpaired) electrons. The molecule has 0 amide bonds. The number of nitrogens with two attached hydrogens (primary N) is 1. The zero-order valence-corrected chi connectivity index (χ0v) is 9.24. The fourth-order valence-corrected chi connectivity index (χ4v) is 1.86. The maximum absolute atomic E-state index is 5.54. The lowest BCUT2D eigenvalue weighted by molar-refractivity contribution is 0.155. The number of aromatic amines is 1. The average molecular weight is 209 g/mol. The number of anilines is 1. The van der Waals surface area contributed by atoms with Crippen LogP contribution in [0.15, 0.2) is 6.07 Å². The molecule has 15 heavy (non-hydrogen) atoms. The van der Waals surface area contributed by atoms with Gasteiger partial charge in [0.15, 0.2) is 0 Å². The van der Waals surface area contributed by atoms with Gasteiger partial charge in [-0.3, -0.25) is 5.10 Å². The van der Waals surface area contributed by atoms with Crippen LogP contribution in [0, 0.1) is 0 Å². The fraction of sp³-hybridized carbons (Fsp3) is 0.700. The highest BCUT2D eigenvalue weighted by atomic mass is 15.2. The number of rotatable bonds is 3. The van der Waals surface area contributed by atoms with Crippen molar-refractivity contribution in [3.8, 4) is 0 Å². The standard InChI is InChI=1S/C10H19N5/c1-14-4-6-15(7-5-14)3-2-9-8-10(11)13-12-9/h8H,2-7H2,1H3,(H3,11,12,13). The molecule has 1 aliphatic rings. The summed E-state index contributed by atoms with van der Waals surface area (Å²) in [5.74, 6) is 0.586. The van der Waals surface area contributed by atoms with Crippen LogP contribution in [-0.2, 0) is 6.42 Å². The fourth-order valence-electron chi connectivity index (χ4n) is 1.86. The maximum Gasteiger partial charge on any atom is 0.145 e. The lowest BCUT2D eigenvalue weighted by Crippen LogP contribution is -2.45. The largest absolute Gasteiger partial charge is 0.382 e. The molecule has 3 N–H and O–H groups in total. The Bertz CT molecular complexity index is 301. The van der Waals surface area contributed by atoms with Crippen LogP contribution in [0.5, 0.6) is 0 Å². The Balaban J connectivity index is 1.74. The number of aromatic nitrogens is 2. The molecule has 0 spiro atoms. The molecule has 1 aromatic rings. The van der Waals surface area contributed by atoms with Gasteiger partial charge in [0, 0.05) is 50.9 Å². The molecule has 1 aliphatic heterocycles. The highest BCUT2D eigenvalue weighted by molar-refractivity contribution is 5.28. The Morgan fingerprint density at radius 2 is 2.13 bits per heavy atom. The van der Waals surface area contributed by atoms with Gasteiger partial charge in [-0.2, -0.15) is 5.10 Å². The second-order valence-corrected chi connectivity index (χ2v) is 4.21. The lowest BCUT2D eigenvalue weighted by Gasteiger charge is -2.32. The predicted octanol–water partition coefficient (Wildman–Crippen LogP) is -0.218. The summed E-state index contributed by atoms with van der Waals surface area (Å²) in [5, 5.41) is 6.86. The van der Waals surface area contributed by atoms with Crippen LogP contribution in [0.3, 0.4) is 0 Å². The zero-order valence-electron chi connectivity index (χ0n) is 9.24. The first-order chi connectivity index (χ1) is 7.24. The number of H-pyrrole nitrogens is 1. The van der Waals surface area contributed by atoms with Crippen molar-refractivity contribution in [3.63, 3.8) is 0 Å². The third-order valence-corrected chi connectivity index (χ3v) is 2.94. The van der Waals surface area contributed by atoms with Gasteiger partial charge in [-0.15, -0.1) is 0 Å². The Labute approximate surface area is 90.2 Å². The highest BCUT2D eigenvalue weighted by Gasteiger charge is 2.13. The first-order valence-corrected chi connectivity index (χ1v) is 5.45. The van der Waals surface area contributed by atoms with Crippen molar-refractivity contribution in [2.75, 3.05) is 45.5 Å². The van der Waals surface area contributed by atoms with Crippen LogP contribution in [0.1, 0.15) is 5.69 Å². The first kappa shape index (κ1) is 10.4. The van der Waals surface area contributed by atoms with Crippen molar-refractivity contribution in [3.05, 3.63) is 11.8 Å². The van der Waals surface area contributed by atoms with Gasteiger partial charge in [-0.25, -0.2) is 0 Å². The molecule has 0 unspecified atom stereocenters. The molecular weight excluding hydrogens is 190 g/mol. The summed E-state index contributed by atoms with van der Waals surface area (Å²) in [7, 11) is 2.17. The summed E-state index contributed by atoms with van der Waals surface area (Å²) in [6, 6.07) is 1.91. The molecule has 1 fully saturated rings. The van der Waals surface area contributed by atoms with E-state index in [4.69, 9.17) is 5.73 Å². The van der Waals surface area contributed by atoms with Gasteiger partial charge in [-0.1, -0.05) is 0 Å². The minimum Gasteiger partial charge on any atom is -0.382 e. The monoisotopic (exact) mass is 209 g/mol. The Morgan fingerprint density at radius 3 is 2.73 bits per heavy atom. The summed E-state index contributed by atoms with van der Waals surface area (Å²) in [4.78, 5) is 4.85. The van der Waals surface area contributed by atoms with Crippen molar-refractivity contribution < 1.29 is 0 Å². The molecule has 1 aromatic heterocycles. The van der Waals surface area contributed by atoms with Gasteiger partial charge >= 0.3 is 0 Å². The average Bonchev–Trinajstić information content (AvgIpc) is 2.64. The second kappa shape index (κ2) is 4.63. The number of piperazine rings is 1. The van der Waals surface area contributed by atoms with Crippen molar-refractivity contribution >= 4 is 5.82 Å². The predicted molar refractivity (Wildman–Crippen MR) is 60.6 cm³/mol. The van der Waals surface area contributed by atoms with Crippen molar-refractivity contribution in [2.45, 2.75) is 6.42 Å². The van der Waals surface area contributed by atoms with E-state index < -0.39 is 0 Å². The number of nitrogen functional groups attached to an aromatic ring is 1. The van der Waals surface area contributed by atoms with E-state index in [1.165, 1.54) is 26.2 Å². The number of hydrogen-bond donors (Lipinski definition) is 2. The Hall–Kier alpha value is -1.07. The van der Waals surface area contributed by atoms with Crippen molar-refractivity contribution in [1.82, 2.24) is 20.0 Å². The van der Waals surface area contributed by atoms with Gasteiger partial charge in [-0.05, 0) is 7.05 Å². The maximum atomic E-state index is 5.54. The molecule has 5 nitrogen and oxygen atoms in total. The topological polar surface area (TPSA) is 61.2 Å². The molecule has 2 rings (SSSR count). The third kappa shape index (κ3) is 2.94. The van der Waals surface area contributed by atoms with Gasteiger partial charge in [0.2, 0.25) is 0 Å². The minimum atomic E-state index is 0.586. The quantitative estimate of drug-likeness (QED) is 0.722. The molecule has 0 bridgehead atoms. The van der Waals surface area contributed by atoms with Crippen molar-refractivity contribution in [1.29, 1.82) is 0 Å². The zero-order chi connectivity index (χ0) is 10.7. The van der Waals surface area contributed by atoms with E-state index in [9.17, 15) is 0 Å². The molecule has 0 atom stereocenters. The molecule has 84 valence electrons. The Morgan fingerprint density at radius 1 is 1.40 bits per heavy atom. The smallest absolute Gasteiger partial charge is 0.145 e. The normalized spacial score (nSPS) is 19.5. The van der Waals surface area contributed by atoms with Gasteiger partial charge in [0.1, 0.15) is 5.82 Å². The van der Waals surface area contributed by atoms with Crippen molar-refractivity contribution in [2.24, 2.45) is 0 Å². The van der Waals surface area contributed by atoms with E-state index in [1.54, 1.807) is 0 Å². The van der Waals surface area contributed by atoms with E-state index >= 15 is 0 Å². The summed E-state index contributed by atoms with van der Waals surface area (Å²) in [5.41, 5.74) is 6.67. The molecule has 0 aromatic carbocycles. The van der Waals surface area contributed by atoms with E-state index in [0.717, 1.165) is 18.7 Å². The van der Waals surface area contributed by atoms with E-state index in [-0.39, 0.29) is 0 Å². The number of nitrogens with zero attached hydrogens (tertiary/aromatic N) is 3. The summed E-state index contributed by atoms with van der Waals surface area (Å²) >= 11 is 0. The molecule has 0 aliphatic carbocycles. The third-order valence-electron chi connectivity index (χ3n) is 2.94. The number of hydrogen-bond acceptors (Lipinski definition) is 4. The van der Waals surface area contributed by atoms with Crippen LogP contribution in [0.25, 0.3) is 0 Å². The summed E-state index contributed by atoms with van der Waals surface area (Å²) in [6.45, 7) is 5.77. The lowest BCUT2D eigenvalue weighted by atomic mass is 10.2. The number of nitrogens with one attached hydrogen (secondary N) is 1. The van der Waals surface area contributed by atoms with E-state index in [2.05, 4.69) is 27.0 Å². The molecule has 2 heterocycles. The van der Waals surface area contributed by atoms with Crippen LogP contribution < -0.4 is 5.73 Å². The van der Waals surface area contributed by atoms with Crippen LogP contribution in [0.2, 0.25) is 0 Å². The molecule has 5 heteroatoms. The van der Waals surface area contributed by atoms with Gasteiger partial charge < -0.3 is 15.5 Å². The summed E-state index contributed by atoms with van der Waals surface area (Å²) in [6.07, 6.45) is 1.01. The summed E-state index contributed by atoms with van der Waals surface area (Å²) < 4.78 is 0. The first-order valence-electron chi connectivity index (χ1n) is 5.45. The number of likely N-dealkylation sites (N-methyl/N-ethyl adjacent to an activating group) is 1. The van der Waals surface area contributed by atoms with E-state index in [0.29, 0.717) is 5.82 Å². The van der Waals surface area contributed by atoms with Gasteiger partial charge in [0.05, 0.1) is 0 Å². The van der Waals surface area contributed by atoms with Gasteiger partial charge in [0.25, 0.3) is 0 Å². The Kier molecular flexibility index (Phi) is 3.23. The van der Waals surface area contributed by atoms with Crippen LogP contribution in [0.4, 0.5) is 5.82 Å². The molecule has 1 saturated heterocycles. The molecular formula is C10H19N5. The van der Waals surface area contributed by atoms with Crippen LogP contribution in [-0.4, -0.2) is 59.8 Å². The van der Waals surface area contributed by atoms with E-state index in [1.807, 2.05) is 6.07 Å². The SMILES string of the molecule is CN1CCN(CCc2cc(N)n[nH]2)CC1. The second-order valence-electron chi connectivity index (χ2n) is 4.21. The van der Waals surface area contributed by atoms with Crippen LogP contribution >= 0.6 is 0 Å². The highest BCUT2D eigenvalue weighted by Crippen LogP contribution is 2.04.